The number of cyclic esters (lactones) is 2. The third kappa shape index (κ3) is 1.45. The number of ether oxygens (including phenoxy) is 1. The molecule has 1 aromatic rings. The highest BCUT2D eigenvalue weighted by Gasteiger charge is 2.36. The number of anilines is 1. The van der Waals surface area contributed by atoms with Gasteiger partial charge in [0.2, 0.25) is 0 Å². The van der Waals surface area contributed by atoms with E-state index in [0.717, 1.165) is 4.90 Å². The molecule has 1 aromatic carbocycles. The van der Waals surface area contributed by atoms with Gasteiger partial charge in [0.05, 0.1) is 16.8 Å². The summed E-state index contributed by atoms with van der Waals surface area (Å²) < 4.78 is 4.47. The Morgan fingerprint density at radius 3 is 2.00 bits per heavy atom. The van der Waals surface area contributed by atoms with Gasteiger partial charge in [0.25, 0.3) is 11.8 Å². The Labute approximate surface area is 113 Å². The number of benzene rings is 1. The van der Waals surface area contributed by atoms with E-state index in [1.165, 1.54) is 18.2 Å². The predicted octanol–water partition coefficient (Wildman–Crippen LogP) is 1.21. The lowest BCUT2D eigenvalue weighted by Crippen LogP contribution is -2.31. The molecule has 0 spiro atoms. The summed E-state index contributed by atoms with van der Waals surface area (Å²) in [6.07, 6.45) is 0. The van der Waals surface area contributed by atoms with Gasteiger partial charge in [-0.05, 0) is 32.0 Å². The number of hydrogen-bond donors (Lipinski definition) is 0. The minimum atomic E-state index is -0.771. The molecule has 6 heteroatoms. The summed E-state index contributed by atoms with van der Waals surface area (Å²) in [7, 11) is 0. The Balaban J connectivity index is 2.09. The fraction of sp³-hybridized carbons (Fsp3) is 0.143. The standard InChI is InChI=1S/C14H9NO5/c1-6-7(2)12(17)15(11(6)16)8-3-4-9-10(5-8)14(19)20-13(9)18/h3-5H,1-2H3. The number of rotatable bonds is 1. The molecule has 0 aromatic heterocycles. The van der Waals surface area contributed by atoms with E-state index in [0.29, 0.717) is 11.1 Å². The largest absolute Gasteiger partial charge is 0.386 e. The van der Waals surface area contributed by atoms with Crippen LogP contribution in [0.15, 0.2) is 29.3 Å². The molecule has 0 N–H and O–H groups in total. The number of fused-ring (bicyclic) bond motifs is 1. The maximum absolute atomic E-state index is 12.0. The van der Waals surface area contributed by atoms with Gasteiger partial charge in [-0.1, -0.05) is 0 Å². The topological polar surface area (TPSA) is 80.8 Å². The van der Waals surface area contributed by atoms with Gasteiger partial charge in [0.15, 0.2) is 0 Å². The number of nitrogens with zero attached hydrogens (tertiary/aromatic N) is 1. The van der Waals surface area contributed by atoms with Gasteiger partial charge in [-0.25, -0.2) is 14.5 Å². The molecule has 2 aliphatic rings. The van der Waals surface area contributed by atoms with Crippen LogP contribution in [-0.4, -0.2) is 23.8 Å². The molecule has 2 amide bonds. The van der Waals surface area contributed by atoms with Gasteiger partial charge in [-0.2, -0.15) is 0 Å². The Morgan fingerprint density at radius 1 is 0.850 bits per heavy atom. The van der Waals surface area contributed by atoms with Crippen LogP contribution in [0.2, 0.25) is 0 Å². The van der Waals surface area contributed by atoms with Crippen molar-refractivity contribution in [3.05, 3.63) is 40.5 Å². The number of carbonyl (C=O) groups excluding carboxylic acids is 4. The minimum Gasteiger partial charge on any atom is -0.386 e. The molecule has 3 rings (SSSR count). The number of carbonyl (C=O) groups is 4. The normalized spacial score (nSPS) is 18.0. The fourth-order valence-electron chi connectivity index (χ4n) is 2.20. The minimum absolute atomic E-state index is 0.0651. The van der Waals surface area contributed by atoms with Crippen LogP contribution in [0.3, 0.4) is 0 Å². The molecule has 0 unspecified atom stereocenters. The Hall–Kier alpha value is -2.76. The van der Waals surface area contributed by atoms with Crippen LogP contribution in [0.4, 0.5) is 5.69 Å². The van der Waals surface area contributed by atoms with E-state index in [9.17, 15) is 19.2 Å². The highest BCUT2D eigenvalue weighted by molar-refractivity contribution is 6.32. The van der Waals surface area contributed by atoms with Crippen LogP contribution in [0.1, 0.15) is 34.6 Å². The van der Waals surface area contributed by atoms with E-state index < -0.39 is 23.8 Å². The first kappa shape index (κ1) is 12.3. The van der Waals surface area contributed by atoms with Crippen molar-refractivity contribution in [2.24, 2.45) is 0 Å². The van der Waals surface area contributed by atoms with Crippen LogP contribution < -0.4 is 4.90 Å². The number of esters is 2. The lowest BCUT2D eigenvalue weighted by molar-refractivity contribution is -0.120. The molecule has 20 heavy (non-hydrogen) atoms. The molecule has 0 fully saturated rings. The van der Waals surface area contributed by atoms with E-state index in [1.54, 1.807) is 13.8 Å². The van der Waals surface area contributed by atoms with Crippen LogP contribution >= 0.6 is 0 Å². The number of imide groups is 1. The summed E-state index contributed by atoms with van der Waals surface area (Å²) in [6.45, 7) is 3.14. The van der Waals surface area contributed by atoms with Crippen LogP contribution in [0.25, 0.3) is 0 Å². The molecule has 2 aliphatic heterocycles. The molecule has 0 saturated heterocycles. The fourth-order valence-corrected chi connectivity index (χ4v) is 2.20. The van der Waals surface area contributed by atoms with E-state index in [4.69, 9.17) is 0 Å². The second-order valence-corrected chi connectivity index (χ2v) is 4.60. The molecule has 0 saturated carbocycles. The van der Waals surface area contributed by atoms with Gasteiger partial charge in [0, 0.05) is 11.1 Å². The van der Waals surface area contributed by atoms with Gasteiger partial charge >= 0.3 is 11.9 Å². The average Bonchev–Trinajstić information content (AvgIpc) is 2.81. The van der Waals surface area contributed by atoms with Gasteiger partial charge in [-0.3, -0.25) is 9.59 Å². The van der Waals surface area contributed by atoms with Crippen molar-refractivity contribution in [2.45, 2.75) is 13.8 Å². The van der Waals surface area contributed by atoms with Gasteiger partial charge in [-0.15, -0.1) is 0 Å². The van der Waals surface area contributed by atoms with E-state index in [1.807, 2.05) is 0 Å². The van der Waals surface area contributed by atoms with Gasteiger partial charge < -0.3 is 4.74 Å². The Bertz CT molecular complexity index is 720. The predicted molar refractivity (Wildman–Crippen MR) is 67.1 cm³/mol. The molecular formula is C14H9NO5. The lowest BCUT2D eigenvalue weighted by Gasteiger charge is -2.15. The first-order valence-electron chi connectivity index (χ1n) is 5.88. The second-order valence-electron chi connectivity index (χ2n) is 4.60. The van der Waals surface area contributed by atoms with Gasteiger partial charge in [0.1, 0.15) is 0 Å². The monoisotopic (exact) mass is 271 g/mol. The summed E-state index contributed by atoms with van der Waals surface area (Å²) in [5, 5.41) is 0. The zero-order chi connectivity index (χ0) is 14.6. The summed E-state index contributed by atoms with van der Waals surface area (Å²) in [6, 6.07) is 4.14. The van der Waals surface area contributed by atoms with Crippen molar-refractivity contribution >= 4 is 29.4 Å². The van der Waals surface area contributed by atoms with Crippen LogP contribution in [0, 0.1) is 0 Å². The van der Waals surface area contributed by atoms with E-state index in [2.05, 4.69) is 4.74 Å². The first-order chi connectivity index (χ1) is 9.41. The van der Waals surface area contributed by atoms with Crippen molar-refractivity contribution in [3.8, 4) is 0 Å². The number of hydrogen-bond acceptors (Lipinski definition) is 5. The molecule has 0 aliphatic carbocycles. The van der Waals surface area contributed by atoms with E-state index >= 15 is 0 Å². The third-order valence-electron chi connectivity index (χ3n) is 3.50. The first-order valence-corrected chi connectivity index (χ1v) is 5.88. The smallest absolute Gasteiger partial charge is 0.346 e. The van der Waals surface area contributed by atoms with Crippen molar-refractivity contribution in [1.82, 2.24) is 0 Å². The summed E-state index contributed by atoms with van der Waals surface area (Å²) in [4.78, 5) is 47.9. The maximum atomic E-state index is 12.0. The molecular weight excluding hydrogens is 262 g/mol. The van der Waals surface area contributed by atoms with Crippen LogP contribution in [0.5, 0.6) is 0 Å². The highest BCUT2D eigenvalue weighted by atomic mass is 16.6. The molecule has 0 bridgehead atoms. The van der Waals surface area contributed by atoms with Crippen molar-refractivity contribution in [2.75, 3.05) is 4.90 Å². The van der Waals surface area contributed by atoms with Crippen molar-refractivity contribution < 1.29 is 23.9 Å². The van der Waals surface area contributed by atoms with Crippen molar-refractivity contribution in [1.29, 1.82) is 0 Å². The zero-order valence-electron chi connectivity index (χ0n) is 10.7. The third-order valence-corrected chi connectivity index (χ3v) is 3.50. The Kier molecular flexibility index (Phi) is 2.37. The molecule has 100 valence electrons. The zero-order valence-corrected chi connectivity index (χ0v) is 10.7. The summed E-state index contributed by atoms with van der Waals surface area (Å²) >= 11 is 0. The second kappa shape index (κ2) is 3.86. The summed E-state index contributed by atoms with van der Waals surface area (Å²) in [5.74, 6) is -2.34. The van der Waals surface area contributed by atoms with Crippen LogP contribution in [-0.2, 0) is 14.3 Å². The molecule has 2 heterocycles. The van der Waals surface area contributed by atoms with E-state index in [-0.39, 0.29) is 16.8 Å². The number of amides is 2. The molecule has 0 radical (unpaired) electrons. The lowest BCUT2D eigenvalue weighted by atomic mass is 10.1. The SMILES string of the molecule is CC1=C(C)C(=O)N(c2ccc3c(c2)C(=O)OC3=O)C1=O. The Morgan fingerprint density at radius 2 is 1.40 bits per heavy atom. The molecule has 0 atom stereocenters. The molecule has 6 nitrogen and oxygen atoms in total. The maximum Gasteiger partial charge on any atom is 0.346 e. The van der Waals surface area contributed by atoms with Crippen molar-refractivity contribution in [3.63, 3.8) is 0 Å². The summed E-state index contributed by atoms with van der Waals surface area (Å²) in [5.41, 5.74) is 1.19. The highest BCUT2D eigenvalue weighted by Crippen LogP contribution is 2.30. The average molecular weight is 271 g/mol. The quantitative estimate of drug-likeness (QED) is 0.435.